The summed E-state index contributed by atoms with van der Waals surface area (Å²) in [6, 6.07) is 5.01. The lowest BCUT2D eigenvalue weighted by Crippen LogP contribution is -2.18. The maximum atomic E-state index is 12.0. The van der Waals surface area contributed by atoms with Crippen LogP contribution in [0.3, 0.4) is 0 Å². The number of hydrogen-bond acceptors (Lipinski definition) is 2. The van der Waals surface area contributed by atoms with Crippen molar-refractivity contribution in [3.05, 3.63) is 33.8 Å². The van der Waals surface area contributed by atoms with E-state index in [1.165, 1.54) is 0 Å². The van der Waals surface area contributed by atoms with Crippen LogP contribution in [0, 0.1) is 5.92 Å². The number of hydrogen-bond donors (Lipinski definition) is 1. The summed E-state index contributed by atoms with van der Waals surface area (Å²) in [7, 11) is 0. The highest BCUT2D eigenvalue weighted by Crippen LogP contribution is 2.25. The molecule has 1 fully saturated rings. The van der Waals surface area contributed by atoms with Crippen LogP contribution in [-0.4, -0.2) is 18.9 Å². The molecule has 1 N–H and O–H groups in total. The lowest BCUT2D eigenvalue weighted by atomic mass is 9.97. The average Bonchev–Trinajstić information content (AvgIpc) is 2.69. The number of benzene rings is 1. The molecule has 2 rings (SSSR count). The summed E-state index contributed by atoms with van der Waals surface area (Å²) in [5.41, 5.74) is 0.578. The van der Waals surface area contributed by atoms with Crippen molar-refractivity contribution in [2.24, 2.45) is 5.92 Å². The third kappa shape index (κ3) is 2.33. The Morgan fingerprint density at radius 2 is 2.20 bits per heavy atom. The zero-order valence-electron chi connectivity index (χ0n) is 8.09. The van der Waals surface area contributed by atoms with Crippen LogP contribution in [0.2, 0.25) is 10.0 Å². The van der Waals surface area contributed by atoms with E-state index in [4.69, 9.17) is 23.2 Å². The fourth-order valence-corrected chi connectivity index (χ4v) is 2.29. The summed E-state index contributed by atoms with van der Waals surface area (Å²) in [6.07, 6.45) is 0.887. The van der Waals surface area contributed by atoms with Gasteiger partial charge in [0, 0.05) is 23.0 Å². The van der Waals surface area contributed by atoms with Crippen molar-refractivity contribution in [1.29, 1.82) is 0 Å². The van der Waals surface area contributed by atoms with Gasteiger partial charge in [-0.3, -0.25) is 4.79 Å². The van der Waals surface area contributed by atoms with Crippen LogP contribution in [-0.2, 0) is 0 Å². The molecule has 1 atom stereocenters. The molecule has 1 unspecified atom stereocenters. The third-order valence-electron chi connectivity index (χ3n) is 2.63. The molecule has 1 aliphatic heterocycles. The molecule has 1 aliphatic rings. The number of halogens is 2. The SMILES string of the molecule is O=C(c1ccc(Cl)cc1Cl)C1CCNC1. The molecule has 0 spiro atoms. The standard InChI is InChI=1S/C11H11Cl2NO/c12-8-1-2-9(10(13)5-8)11(15)7-3-4-14-6-7/h1-2,5,7,14H,3-4,6H2. The van der Waals surface area contributed by atoms with Gasteiger partial charge < -0.3 is 5.32 Å². The molecule has 80 valence electrons. The predicted octanol–water partition coefficient (Wildman–Crippen LogP) is 2.79. The van der Waals surface area contributed by atoms with E-state index < -0.39 is 0 Å². The zero-order valence-corrected chi connectivity index (χ0v) is 9.61. The molecule has 1 saturated heterocycles. The van der Waals surface area contributed by atoms with Gasteiger partial charge in [-0.25, -0.2) is 0 Å². The molecule has 0 radical (unpaired) electrons. The van der Waals surface area contributed by atoms with Crippen molar-refractivity contribution in [2.45, 2.75) is 6.42 Å². The van der Waals surface area contributed by atoms with Crippen LogP contribution >= 0.6 is 23.2 Å². The second-order valence-corrected chi connectivity index (χ2v) is 4.52. The van der Waals surface area contributed by atoms with Gasteiger partial charge in [0.05, 0.1) is 5.02 Å². The average molecular weight is 244 g/mol. The summed E-state index contributed by atoms with van der Waals surface area (Å²) in [6.45, 7) is 1.65. The Morgan fingerprint density at radius 3 is 2.80 bits per heavy atom. The molecule has 0 saturated carbocycles. The fraction of sp³-hybridized carbons (Fsp3) is 0.364. The molecule has 0 amide bonds. The molecule has 0 aromatic heterocycles. The summed E-state index contributed by atoms with van der Waals surface area (Å²) >= 11 is 11.8. The van der Waals surface area contributed by atoms with Gasteiger partial charge in [-0.15, -0.1) is 0 Å². The monoisotopic (exact) mass is 243 g/mol. The van der Waals surface area contributed by atoms with Gasteiger partial charge in [-0.2, -0.15) is 0 Å². The Hall–Kier alpha value is -0.570. The van der Waals surface area contributed by atoms with Crippen LogP contribution in [0.25, 0.3) is 0 Å². The van der Waals surface area contributed by atoms with Crippen LogP contribution in [0.5, 0.6) is 0 Å². The Labute approximate surface area is 98.6 Å². The first-order valence-electron chi connectivity index (χ1n) is 4.88. The van der Waals surface area contributed by atoms with E-state index in [-0.39, 0.29) is 11.7 Å². The lowest BCUT2D eigenvalue weighted by Gasteiger charge is -2.08. The quantitative estimate of drug-likeness (QED) is 0.810. The van der Waals surface area contributed by atoms with Crippen LogP contribution in [0.4, 0.5) is 0 Å². The summed E-state index contributed by atoms with van der Waals surface area (Å²) < 4.78 is 0. The Balaban J connectivity index is 2.24. The predicted molar refractivity (Wildman–Crippen MR) is 61.8 cm³/mol. The summed E-state index contributed by atoms with van der Waals surface area (Å²) in [4.78, 5) is 12.0. The highest BCUT2D eigenvalue weighted by Gasteiger charge is 2.24. The number of Topliss-reactive ketones (excluding diaryl/α,β-unsaturated/α-hetero) is 1. The number of ketones is 1. The zero-order chi connectivity index (χ0) is 10.8. The maximum Gasteiger partial charge on any atom is 0.168 e. The van der Waals surface area contributed by atoms with Gasteiger partial charge in [0.15, 0.2) is 5.78 Å². The van der Waals surface area contributed by atoms with E-state index >= 15 is 0 Å². The van der Waals surface area contributed by atoms with Crippen molar-refractivity contribution in [3.63, 3.8) is 0 Å². The topological polar surface area (TPSA) is 29.1 Å². The van der Waals surface area contributed by atoms with Crippen LogP contribution < -0.4 is 5.32 Å². The Bertz CT molecular complexity index is 386. The van der Waals surface area contributed by atoms with Crippen LogP contribution in [0.1, 0.15) is 16.8 Å². The van der Waals surface area contributed by atoms with Crippen molar-refractivity contribution in [3.8, 4) is 0 Å². The molecule has 1 heterocycles. The number of rotatable bonds is 2. The largest absolute Gasteiger partial charge is 0.316 e. The first kappa shape index (κ1) is 10.9. The van der Waals surface area contributed by atoms with E-state index in [1.54, 1.807) is 18.2 Å². The van der Waals surface area contributed by atoms with Gasteiger partial charge in [0.2, 0.25) is 0 Å². The molecule has 0 aliphatic carbocycles. The molecule has 4 heteroatoms. The molecular weight excluding hydrogens is 233 g/mol. The smallest absolute Gasteiger partial charge is 0.168 e. The fourth-order valence-electron chi connectivity index (χ4n) is 1.79. The lowest BCUT2D eigenvalue weighted by molar-refractivity contribution is 0.0930. The summed E-state index contributed by atoms with van der Waals surface area (Å²) in [5, 5.41) is 4.16. The van der Waals surface area contributed by atoms with Gasteiger partial charge in [0.1, 0.15) is 0 Å². The molecule has 1 aromatic carbocycles. The van der Waals surface area contributed by atoms with E-state index in [9.17, 15) is 4.79 Å². The van der Waals surface area contributed by atoms with Crippen molar-refractivity contribution >= 4 is 29.0 Å². The molecule has 0 bridgehead atoms. The minimum absolute atomic E-state index is 0.0590. The van der Waals surface area contributed by atoms with Crippen LogP contribution in [0.15, 0.2) is 18.2 Å². The minimum atomic E-state index is 0.0590. The number of nitrogens with one attached hydrogen (secondary N) is 1. The number of carbonyl (C=O) groups is 1. The second kappa shape index (κ2) is 4.52. The Morgan fingerprint density at radius 1 is 1.40 bits per heavy atom. The highest BCUT2D eigenvalue weighted by atomic mass is 35.5. The van der Waals surface area contributed by atoms with Gasteiger partial charge in [-0.1, -0.05) is 23.2 Å². The van der Waals surface area contributed by atoms with E-state index in [2.05, 4.69) is 5.32 Å². The van der Waals surface area contributed by atoms with Crippen molar-refractivity contribution in [1.82, 2.24) is 5.32 Å². The molecule has 2 nitrogen and oxygen atoms in total. The number of carbonyl (C=O) groups excluding carboxylic acids is 1. The van der Waals surface area contributed by atoms with Gasteiger partial charge in [0.25, 0.3) is 0 Å². The Kier molecular flexibility index (Phi) is 3.29. The molecular formula is C11H11Cl2NO. The minimum Gasteiger partial charge on any atom is -0.316 e. The molecule has 1 aromatic rings. The second-order valence-electron chi connectivity index (χ2n) is 3.68. The van der Waals surface area contributed by atoms with Crippen molar-refractivity contribution < 1.29 is 4.79 Å². The van der Waals surface area contributed by atoms with Gasteiger partial charge in [-0.05, 0) is 31.2 Å². The van der Waals surface area contributed by atoms with E-state index in [1.807, 2.05) is 0 Å². The highest BCUT2D eigenvalue weighted by molar-refractivity contribution is 6.36. The first-order chi connectivity index (χ1) is 7.18. The van der Waals surface area contributed by atoms with Crippen molar-refractivity contribution in [2.75, 3.05) is 13.1 Å². The van der Waals surface area contributed by atoms with Gasteiger partial charge >= 0.3 is 0 Å². The summed E-state index contributed by atoms with van der Waals surface area (Å²) in [5.74, 6) is 0.172. The van der Waals surface area contributed by atoms with E-state index in [0.29, 0.717) is 15.6 Å². The third-order valence-corrected chi connectivity index (χ3v) is 3.18. The normalized spacial score (nSPS) is 20.5. The first-order valence-corrected chi connectivity index (χ1v) is 5.64. The molecule has 15 heavy (non-hydrogen) atoms. The van der Waals surface area contributed by atoms with E-state index in [0.717, 1.165) is 19.5 Å². The maximum absolute atomic E-state index is 12.0.